The molecule has 0 aliphatic heterocycles. The maximum absolute atomic E-state index is 13.3. The summed E-state index contributed by atoms with van der Waals surface area (Å²) in [6.45, 7) is 0.864. The van der Waals surface area contributed by atoms with E-state index in [0.717, 1.165) is 0 Å². The van der Waals surface area contributed by atoms with Gasteiger partial charge in [0.05, 0.1) is 12.7 Å². The van der Waals surface area contributed by atoms with Crippen molar-refractivity contribution in [1.29, 1.82) is 0 Å². The van der Waals surface area contributed by atoms with Gasteiger partial charge in [-0.15, -0.1) is 0 Å². The normalized spacial score (nSPS) is 12.8. The fourth-order valence-corrected chi connectivity index (χ4v) is 1.55. The first kappa shape index (κ1) is 13.4. The highest BCUT2D eigenvalue weighted by Gasteiger charge is 2.07. The van der Waals surface area contributed by atoms with E-state index in [2.05, 4.69) is 5.32 Å². The van der Waals surface area contributed by atoms with Crippen LogP contribution in [0.2, 0.25) is 5.02 Å². The second-order valence-corrected chi connectivity index (χ2v) is 3.85. The van der Waals surface area contributed by atoms with Gasteiger partial charge in [0.1, 0.15) is 5.82 Å². The highest BCUT2D eigenvalue weighted by atomic mass is 35.5. The molecule has 0 aliphatic carbocycles. The molecule has 90 valence electrons. The molecule has 0 aromatic heterocycles. The molecule has 0 amide bonds. The second kappa shape index (κ2) is 6.81. The molecule has 0 fully saturated rings. The molecule has 1 aromatic rings. The lowest BCUT2D eigenvalue weighted by Crippen LogP contribution is -2.30. The molecule has 0 bridgehead atoms. The Morgan fingerprint density at radius 3 is 2.94 bits per heavy atom. The molecule has 0 saturated carbocycles. The molecular weight excluding hydrogens is 233 g/mol. The van der Waals surface area contributed by atoms with Crippen LogP contribution in [0.3, 0.4) is 0 Å². The summed E-state index contributed by atoms with van der Waals surface area (Å²) >= 11 is 5.84. The summed E-state index contributed by atoms with van der Waals surface area (Å²) in [5.74, 6) is -0.346. The van der Waals surface area contributed by atoms with E-state index in [1.54, 1.807) is 12.1 Å². The Hall–Kier alpha value is -0.680. The van der Waals surface area contributed by atoms with Crippen LogP contribution in [0.5, 0.6) is 0 Å². The molecule has 0 aliphatic rings. The van der Waals surface area contributed by atoms with Crippen LogP contribution in [0.15, 0.2) is 18.2 Å². The quantitative estimate of drug-likeness (QED) is 0.802. The van der Waals surface area contributed by atoms with Gasteiger partial charge in [-0.1, -0.05) is 17.7 Å². The van der Waals surface area contributed by atoms with Crippen molar-refractivity contribution in [2.24, 2.45) is 0 Å². The molecular formula is C11H15ClFNO2. The van der Waals surface area contributed by atoms with E-state index in [1.165, 1.54) is 13.2 Å². The number of hydrogen-bond acceptors (Lipinski definition) is 3. The largest absolute Gasteiger partial charge is 0.389 e. The highest BCUT2D eigenvalue weighted by molar-refractivity contribution is 6.31. The van der Waals surface area contributed by atoms with E-state index in [9.17, 15) is 9.50 Å². The minimum atomic E-state index is -0.601. The molecule has 0 radical (unpaired) electrons. The predicted octanol–water partition coefficient (Wildman–Crippen LogP) is 1.58. The van der Waals surface area contributed by atoms with Gasteiger partial charge in [0.15, 0.2) is 0 Å². The molecule has 5 heteroatoms. The van der Waals surface area contributed by atoms with Crippen molar-refractivity contribution >= 4 is 11.6 Å². The van der Waals surface area contributed by atoms with Crippen LogP contribution in [-0.2, 0) is 11.3 Å². The van der Waals surface area contributed by atoms with Crippen LogP contribution in [0.4, 0.5) is 4.39 Å². The van der Waals surface area contributed by atoms with Gasteiger partial charge in [-0.05, 0) is 12.1 Å². The van der Waals surface area contributed by atoms with Gasteiger partial charge in [-0.2, -0.15) is 0 Å². The average molecular weight is 248 g/mol. The third-order valence-electron chi connectivity index (χ3n) is 2.10. The Balaban J connectivity index is 2.43. The number of nitrogens with one attached hydrogen (secondary N) is 1. The number of hydrogen-bond donors (Lipinski definition) is 2. The Morgan fingerprint density at radius 1 is 1.56 bits per heavy atom. The van der Waals surface area contributed by atoms with Gasteiger partial charge in [0, 0.05) is 30.8 Å². The second-order valence-electron chi connectivity index (χ2n) is 3.44. The molecule has 16 heavy (non-hydrogen) atoms. The van der Waals surface area contributed by atoms with Gasteiger partial charge in [-0.3, -0.25) is 0 Å². The third-order valence-corrected chi connectivity index (χ3v) is 2.46. The number of aliphatic hydroxyl groups is 1. The van der Waals surface area contributed by atoms with Crippen LogP contribution in [0.25, 0.3) is 0 Å². The molecule has 3 nitrogen and oxygen atoms in total. The predicted molar refractivity (Wildman–Crippen MR) is 61.0 cm³/mol. The lowest BCUT2D eigenvalue weighted by molar-refractivity contribution is 0.0643. The van der Waals surface area contributed by atoms with Gasteiger partial charge >= 0.3 is 0 Å². The van der Waals surface area contributed by atoms with Crippen molar-refractivity contribution in [1.82, 2.24) is 5.32 Å². The van der Waals surface area contributed by atoms with Crippen molar-refractivity contribution in [3.8, 4) is 0 Å². The zero-order chi connectivity index (χ0) is 12.0. The minimum absolute atomic E-state index is 0.248. The molecule has 1 aromatic carbocycles. The summed E-state index contributed by atoms with van der Waals surface area (Å²) < 4.78 is 18.1. The van der Waals surface area contributed by atoms with Crippen molar-refractivity contribution < 1.29 is 14.2 Å². The first-order chi connectivity index (χ1) is 7.65. The maximum atomic E-state index is 13.3. The number of rotatable bonds is 6. The smallest absolute Gasteiger partial charge is 0.129 e. The van der Waals surface area contributed by atoms with Gasteiger partial charge in [-0.25, -0.2) is 4.39 Å². The highest BCUT2D eigenvalue weighted by Crippen LogP contribution is 2.18. The molecule has 1 atom stereocenters. The fraction of sp³-hybridized carbons (Fsp3) is 0.455. The minimum Gasteiger partial charge on any atom is -0.389 e. The van der Waals surface area contributed by atoms with Crippen LogP contribution in [-0.4, -0.2) is 31.5 Å². The average Bonchev–Trinajstić information content (AvgIpc) is 2.23. The number of halogens is 2. The number of benzene rings is 1. The summed E-state index contributed by atoms with van der Waals surface area (Å²) in [7, 11) is 1.51. The van der Waals surface area contributed by atoms with Gasteiger partial charge in [0.2, 0.25) is 0 Å². The first-order valence-corrected chi connectivity index (χ1v) is 5.33. The van der Waals surface area contributed by atoms with Crippen molar-refractivity contribution in [2.45, 2.75) is 12.6 Å². The standard InChI is InChI=1S/C11H15ClFNO2/c1-16-7-8(15)5-14-6-9-10(12)3-2-4-11(9)13/h2-4,8,14-15H,5-7H2,1H3. The Kier molecular flexibility index (Phi) is 5.69. The lowest BCUT2D eigenvalue weighted by atomic mass is 10.2. The van der Waals surface area contributed by atoms with E-state index in [1.807, 2.05) is 0 Å². The maximum Gasteiger partial charge on any atom is 0.129 e. The molecule has 0 saturated heterocycles. The van der Waals surface area contributed by atoms with Crippen LogP contribution in [0, 0.1) is 5.82 Å². The topological polar surface area (TPSA) is 41.5 Å². The van der Waals surface area contributed by atoms with Gasteiger partial charge in [0.25, 0.3) is 0 Å². The van der Waals surface area contributed by atoms with Crippen LogP contribution in [0.1, 0.15) is 5.56 Å². The van der Waals surface area contributed by atoms with Crippen molar-refractivity contribution in [2.75, 3.05) is 20.3 Å². The summed E-state index contributed by atoms with van der Waals surface area (Å²) in [4.78, 5) is 0. The zero-order valence-electron chi connectivity index (χ0n) is 9.04. The van der Waals surface area contributed by atoms with E-state index in [4.69, 9.17) is 16.3 Å². The first-order valence-electron chi connectivity index (χ1n) is 4.95. The zero-order valence-corrected chi connectivity index (χ0v) is 9.80. The van der Waals surface area contributed by atoms with Crippen molar-refractivity contribution in [3.05, 3.63) is 34.6 Å². The SMILES string of the molecule is COCC(O)CNCc1c(F)cccc1Cl. The fourth-order valence-electron chi connectivity index (χ4n) is 1.32. The van der Waals surface area contributed by atoms with E-state index < -0.39 is 6.10 Å². The van der Waals surface area contributed by atoms with Crippen molar-refractivity contribution in [3.63, 3.8) is 0 Å². The summed E-state index contributed by atoms with van der Waals surface area (Å²) in [6, 6.07) is 4.54. The summed E-state index contributed by atoms with van der Waals surface area (Å²) in [5.41, 5.74) is 0.411. The monoisotopic (exact) mass is 247 g/mol. The number of methoxy groups -OCH3 is 1. The number of ether oxygens (including phenoxy) is 1. The van der Waals surface area contributed by atoms with Crippen LogP contribution < -0.4 is 5.32 Å². The Morgan fingerprint density at radius 2 is 2.31 bits per heavy atom. The van der Waals surface area contributed by atoms with Crippen LogP contribution >= 0.6 is 11.6 Å². The van der Waals surface area contributed by atoms with E-state index >= 15 is 0 Å². The van der Waals surface area contributed by atoms with E-state index in [0.29, 0.717) is 17.1 Å². The molecule has 1 rings (SSSR count). The summed E-state index contributed by atoms with van der Waals surface area (Å²) in [6.07, 6.45) is -0.601. The summed E-state index contributed by atoms with van der Waals surface area (Å²) in [5, 5.41) is 12.6. The molecule has 0 heterocycles. The lowest BCUT2D eigenvalue weighted by Gasteiger charge is -2.11. The molecule has 1 unspecified atom stereocenters. The number of aliphatic hydroxyl groups excluding tert-OH is 1. The van der Waals surface area contributed by atoms with E-state index in [-0.39, 0.29) is 19.0 Å². The molecule has 0 spiro atoms. The third kappa shape index (κ3) is 4.06. The molecule has 2 N–H and O–H groups in total. The Labute approximate surface area is 99.2 Å². The van der Waals surface area contributed by atoms with Gasteiger partial charge < -0.3 is 15.2 Å². The Bertz CT molecular complexity index is 316.